The van der Waals surface area contributed by atoms with Crippen LogP contribution in [0.3, 0.4) is 0 Å². The van der Waals surface area contributed by atoms with Crippen molar-refractivity contribution in [3.8, 4) is 0 Å². The second kappa shape index (κ2) is 0.707. The van der Waals surface area contributed by atoms with E-state index in [9.17, 15) is 9.59 Å². The Bertz CT molecular complexity index is 184. The van der Waals surface area contributed by atoms with Crippen molar-refractivity contribution in [3.05, 3.63) is 20.7 Å². The summed E-state index contributed by atoms with van der Waals surface area (Å²) in [5.74, 6) is 0. The van der Waals surface area contributed by atoms with Crippen LogP contribution in [0.1, 0.15) is 0 Å². The SMILES string of the molecule is O=c1nnc1=O. The van der Waals surface area contributed by atoms with Gasteiger partial charge in [0.15, 0.2) is 0 Å². The summed E-state index contributed by atoms with van der Waals surface area (Å²) in [5, 5.41) is 5.57. The molecule has 0 aromatic carbocycles. The van der Waals surface area contributed by atoms with E-state index in [1.807, 2.05) is 0 Å². The molecule has 6 heavy (non-hydrogen) atoms. The molecule has 0 aliphatic heterocycles. The Morgan fingerprint density at radius 1 is 1.00 bits per heavy atom. The molecule has 1 rings (SSSR count). The van der Waals surface area contributed by atoms with Crippen LogP contribution in [0, 0.1) is 0 Å². The van der Waals surface area contributed by atoms with Gasteiger partial charge in [-0.25, -0.2) is 0 Å². The highest BCUT2D eigenvalue weighted by Crippen LogP contribution is 1.29. The van der Waals surface area contributed by atoms with Crippen LogP contribution in [0.4, 0.5) is 0 Å². The fourth-order valence-corrected chi connectivity index (χ4v) is 0.132. The Morgan fingerprint density at radius 3 is 1.33 bits per heavy atom. The largest absolute Gasteiger partial charge is 0.357 e. The van der Waals surface area contributed by atoms with Crippen molar-refractivity contribution in [3.63, 3.8) is 0 Å². The molecule has 1 aromatic rings. The van der Waals surface area contributed by atoms with Crippen LogP contribution in [-0.4, -0.2) is 10.2 Å². The molecule has 4 heteroatoms. The lowest BCUT2D eigenvalue weighted by Gasteiger charge is -1.68. The van der Waals surface area contributed by atoms with Gasteiger partial charge in [0, 0.05) is 0 Å². The first kappa shape index (κ1) is 3.14. The van der Waals surface area contributed by atoms with Crippen LogP contribution >= 0.6 is 0 Å². The molecule has 0 aliphatic carbocycles. The maximum atomic E-state index is 9.62. The van der Waals surface area contributed by atoms with Crippen LogP contribution in [0.5, 0.6) is 0 Å². The van der Waals surface area contributed by atoms with Crippen molar-refractivity contribution in [2.75, 3.05) is 0 Å². The number of hydrogen-bond donors (Lipinski definition) is 0. The van der Waals surface area contributed by atoms with Crippen LogP contribution in [0.2, 0.25) is 0 Å². The Morgan fingerprint density at radius 2 is 1.33 bits per heavy atom. The predicted octanol–water partition coefficient (Wildman–Crippen LogP) is -1.93. The normalized spacial score (nSPS) is 9.33. The molecule has 0 unspecified atom stereocenters. The molecule has 0 saturated heterocycles. The fraction of sp³-hybridized carbons (Fsp3) is 0. The lowest BCUT2D eigenvalue weighted by Crippen LogP contribution is -2.37. The lowest BCUT2D eigenvalue weighted by molar-refractivity contribution is 0.852. The van der Waals surface area contributed by atoms with Crippen LogP contribution in [0.25, 0.3) is 0 Å². The average molecular weight is 84.0 g/mol. The molecule has 30 valence electrons. The summed E-state index contributed by atoms with van der Waals surface area (Å²) < 4.78 is 0. The van der Waals surface area contributed by atoms with Gasteiger partial charge in [-0.15, -0.1) is 0 Å². The van der Waals surface area contributed by atoms with E-state index in [0.717, 1.165) is 0 Å². The van der Waals surface area contributed by atoms with Gasteiger partial charge in [0.25, 0.3) is 0 Å². The minimum atomic E-state index is -0.741. The van der Waals surface area contributed by atoms with Gasteiger partial charge < -0.3 is 0 Å². The molecule has 0 spiro atoms. The van der Waals surface area contributed by atoms with Crippen molar-refractivity contribution in [1.82, 2.24) is 10.2 Å². The lowest BCUT2D eigenvalue weighted by atomic mass is 10.8. The Labute approximate surface area is 32.1 Å². The molecule has 0 amide bonds. The van der Waals surface area contributed by atoms with E-state index < -0.39 is 11.1 Å². The fourth-order valence-electron chi connectivity index (χ4n) is 0.132. The third kappa shape index (κ3) is 0.176. The van der Waals surface area contributed by atoms with Crippen LogP contribution in [0.15, 0.2) is 9.59 Å². The maximum Gasteiger partial charge on any atom is 0.357 e. The van der Waals surface area contributed by atoms with E-state index >= 15 is 0 Å². The molecule has 1 aromatic heterocycles. The van der Waals surface area contributed by atoms with Gasteiger partial charge in [-0.05, 0) is 0 Å². The topological polar surface area (TPSA) is 59.9 Å². The van der Waals surface area contributed by atoms with Gasteiger partial charge in [-0.1, -0.05) is 10.2 Å². The van der Waals surface area contributed by atoms with E-state index in [1.54, 1.807) is 0 Å². The predicted molar refractivity (Wildman–Crippen MR) is 16.9 cm³/mol. The third-order valence-electron chi connectivity index (χ3n) is 0.415. The summed E-state index contributed by atoms with van der Waals surface area (Å²) in [6.07, 6.45) is 0. The number of rotatable bonds is 0. The van der Waals surface area contributed by atoms with E-state index in [4.69, 9.17) is 0 Å². The smallest absolute Gasteiger partial charge is 0.259 e. The molecule has 1 heterocycles. The molecule has 0 N–H and O–H groups in total. The van der Waals surface area contributed by atoms with Gasteiger partial charge in [-0.2, -0.15) is 0 Å². The summed E-state index contributed by atoms with van der Waals surface area (Å²) in [6, 6.07) is 0. The van der Waals surface area contributed by atoms with E-state index in [2.05, 4.69) is 10.2 Å². The van der Waals surface area contributed by atoms with Gasteiger partial charge in [-0.3, -0.25) is 9.59 Å². The van der Waals surface area contributed by atoms with Crippen molar-refractivity contribution in [2.24, 2.45) is 0 Å². The summed E-state index contributed by atoms with van der Waals surface area (Å²) >= 11 is 0. The van der Waals surface area contributed by atoms with Gasteiger partial charge >= 0.3 is 11.1 Å². The zero-order chi connectivity index (χ0) is 4.57. The molecule has 4 nitrogen and oxygen atoms in total. The minimum Gasteiger partial charge on any atom is -0.259 e. The Kier molecular flexibility index (Phi) is 0.370. The van der Waals surface area contributed by atoms with E-state index in [1.165, 1.54) is 0 Å². The first-order valence-corrected chi connectivity index (χ1v) is 1.31. The van der Waals surface area contributed by atoms with Gasteiger partial charge in [0.1, 0.15) is 0 Å². The Balaban J connectivity index is 3.58. The van der Waals surface area contributed by atoms with Crippen molar-refractivity contribution in [1.29, 1.82) is 0 Å². The summed E-state index contributed by atoms with van der Waals surface area (Å²) in [4.78, 5) is 19.2. The number of nitrogens with zero attached hydrogens (tertiary/aromatic N) is 2. The maximum absolute atomic E-state index is 9.62. The highest BCUT2D eigenvalue weighted by atomic mass is 16.2. The number of aromatic nitrogens is 2. The molecule has 0 saturated carbocycles. The summed E-state index contributed by atoms with van der Waals surface area (Å²) in [7, 11) is 0. The number of hydrogen-bond acceptors (Lipinski definition) is 4. The van der Waals surface area contributed by atoms with E-state index in [0.29, 0.717) is 0 Å². The average Bonchev–Trinajstić information content (AvgIpc) is 1.61. The minimum absolute atomic E-state index is 0.741. The Hall–Kier alpha value is -1.06. The first-order valence-electron chi connectivity index (χ1n) is 1.31. The van der Waals surface area contributed by atoms with Crippen molar-refractivity contribution < 1.29 is 0 Å². The van der Waals surface area contributed by atoms with Crippen LogP contribution < -0.4 is 11.1 Å². The van der Waals surface area contributed by atoms with Crippen molar-refractivity contribution >= 4 is 0 Å². The van der Waals surface area contributed by atoms with E-state index in [-0.39, 0.29) is 0 Å². The molecular weight excluding hydrogens is 84.0 g/mol. The zero-order valence-electron chi connectivity index (χ0n) is 2.71. The highest BCUT2D eigenvalue weighted by molar-refractivity contribution is 4.68. The first-order chi connectivity index (χ1) is 2.80. The van der Waals surface area contributed by atoms with Gasteiger partial charge in [0.05, 0.1) is 0 Å². The summed E-state index contributed by atoms with van der Waals surface area (Å²) in [6.45, 7) is 0. The second-order valence-electron chi connectivity index (χ2n) is 0.810. The third-order valence-corrected chi connectivity index (χ3v) is 0.415. The van der Waals surface area contributed by atoms with Crippen LogP contribution in [-0.2, 0) is 0 Å². The molecular formula is C2N2O2. The van der Waals surface area contributed by atoms with Crippen molar-refractivity contribution in [2.45, 2.75) is 0 Å². The molecule has 0 fully saturated rings. The summed E-state index contributed by atoms with van der Waals surface area (Å²) in [5.41, 5.74) is -1.48. The highest BCUT2D eigenvalue weighted by Gasteiger charge is 1.95. The zero-order valence-corrected chi connectivity index (χ0v) is 2.71. The molecule has 0 atom stereocenters. The van der Waals surface area contributed by atoms with Gasteiger partial charge in [0.2, 0.25) is 0 Å². The monoisotopic (exact) mass is 84.0 g/mol. The standard InChI is InChI=1S/C2N2O2/c5-1-2(6)4-3-1. The molecule has 0 aliphatic rings. The quantitative estimate of drug-likeness (QED) is 0.343. The molecule has 0 radical (unpaired) electrons. The molecule has 0 bridgehead atoms. The second-order valence-corrected chi connectivity index (χ2v) is 0.810.